The van der Waals surface area contributed by atoms with Gasteiger partial charge < -0.3 is 4.42 Å². The smallest absolute Gasteiger partial charge is 0.217 e. The van der Waals surface area contributed by atoms with Crippen molar-refractivity contribution in [1.82, 2.24) is 0 Å². The molecule has 2 aliphatic rings. The van der Waals surface area contributed by atoms with Crippen LogP contribution in [0.4, 0.5) is 0 Å². The van der Waals surface area contributed by atoms with Crippen molar-refractivity contribution in [2.24, 2.45) is 0 Å². The zero-order valence-electron chi connectivity index (χ0n) is 23.8. The third kappa shape index (κ3) is 4.21. The van der Waals surface area contributed by atoms with E-state index in [1.165, 1.54) is 61.5 Å². The van der Waals surface area contributed by atoms with Crippen molar-refractivity contribution in [3.63, 3.8) is 0 Å². The molecule has 2 heteroatoms. The Morgan fingerprint density at radius 2 is 1.14 bits per heavy atom. The summed E-state index contributed by atoms with van der Waals surface area (Å²) in [6.45, 7) is 0.905. The number of hydrogen-bond acceptors (Lipinski definition) is 1. The van der Waals surface area contributed by atoms with Crippen LogP contribution in [0.5, 0.6) is 0 Å². The fourth-order valence-corrected chi connectivity index (χ4v) is 7.50. The van der Waals surface area contributed by atoms with E-state index in [0.29, 0.717) is 0 Å². The Morgan fingerprint density at radius 3 is 1.74 bits per heavy atom. The summed E-state index contributed by atoms with van der Waals surface area (Å²) in [5.74, 6) is 1.22. The van der Waals surface area contributed by atoms with E-state index in [4.69, 9.17) is 4.42 Å². The monoisotopic (exact) mass is 544 g/mol. The van der Waals surface area contributed by atoms with Crippen LogP contribution in [-0.2, 0) is 32.2 Å². The lowest BCUT2D eigenvalue weighted by Crippen LogP contribution is -2.44. The number of aromatic nitrogens is 1. The van der Waals surface area contributed by atoms with Gasteiger partial charge in [0.15, 0.2) is 6.54 Å². The molecule has 1 atom stereocenters. The molecule has 6 aromatic rings. The van der Waals surface area contributed by atoms with Crippen LogP contribution in [0.3, 0.4) is 0 Å². The third-order valence-electron chi connectivity index (χ3n) is 9.34. The van der Waals surface area contributed by atoms with Crippen LogP contribution in [0, 0.1) is 0 Å². The number of furan rings is 1. The zero-order chi connectivity index (χ0) is 27.9. The first-order chi connectivity index (χ1) is 20.9. The molecular formula is C40H34NO+. The predicted molar refractivity (Wildman–Crippen MR) is 169 cm³/mol. The number of hydrogen-bond donors (Lipinski definition) is 0. The summed E-state index contributed by atoms with van der Waals surface area (Å²) in [5, 5.41) is 0. The fraction of sp³-hybridized carbons (Fsp3) is 0.175. The summed E-state index contributed by atoms with van der Waals surface area (Å²) < 4.78 is 8.74. The SMILES string of the molecule is c1ccc(-c2c3c([n+](CCC(c4ccccc4)c4ccco4)c4c2CCc2ccccc2-4)-c2ccccc2CC3)cc1. The van der Waals surface area contributed by atoms with Crippen LogP contribution in [0.1, 0.15) is 45.9 Å². The Balaban J connectivity index is 1.39. The Morgan fingerprint density at radius 1 is 0.571 bits per heavy atom. The van der Waals surface area contributed by atoms with E-state index in [0.717, 1.165) is 44.4 Å². The molecule has 4 aromatic carbocycles. The normalized spacial score (nSPS) is 13.9. The minimum Gasteiger partial charge on any atom is -0.469 e. The standard InChI is InChI=1S/C40H34NO/c1-3-12-28(13-4-1)32(37-20-11-27-42-37)25-26-41-39-33-18-9-7-14-29(33)21-23-35(39)38(31-16-5-2-6-17-31)36-24-22-30-15-8-10-19-34(30)40(36)41/h1-20,27,32H,21-26H2/q+1. The summed E-state index contributed by atoms with van der Waals surface area (Å²) in [6.07, 6.45) is 7.05. The quantitative estimate of drug-likeness (QED) is 0.191. The van der Waals surface area contributed by atoms with Gasteiger partial charge >= 0.3 is 0 Å². The fourth-order valence-electron chi connectivity index (χ4n) is 7.50. The van der Waals surface area contributed by atoms with E-state index in [-0.39, 0.29) is 5.92 Å². The van der Waals surface area contributed by atoms with Gasteiger partial charge in [0, 0.05) is 40.2 Å². The van der Waals surface area contributed by atoms with Crippen LogP contribution in [0.2, 0.25) is 0 Å². The highest BCUT2D eigenvalue weighted by molar-refractivity contribution is 5.85. The molecule has 2 aliphatic carbocycles. The number of aryl methyl sites for hydroxylation is 2. The van der Waals surface area contributed by atoms with Crippen molar-refractivity contribution in [2.75, 3.05) is 0 Å². The molecule has 2 nitrogen and oxygen atoms in total. The minimum absolute atomic E-state index is 0.187. The molecule has 0 N–H and O–H groups in total. The van der Waals surface area contributed by atoms with Gasteiger partial charge in [-0.25, -0.2) is 0 Å². The molecule has 1 unspecified atom stereocenters. The molecule has 0 fully saturated rings. The lowest BCUT2D eigenvalue weighted by atomic mass is 9.77. The zero-order valence-corrected chi connectivity index (χ0v) is 23.8. The second-order valence-electron chi connectivity index (χ2n) is 11.6. The maximum atomic E-state index is 6.04. The van der Waals surface area contributed by atoms with Crippen LogP contribution in [-0.4, -0.2) is 0 Å². The van der Waals surface area contributed by atoms with Gasteiger partial charge in [-0.05, 0) is 72.2 Å². The largest absolute Gasteiger partial charge is 0.469 e. The Labute approximate surface area is 247 Å². The minimum atomic E-state index is 0.187. The summed E-state index contributed by atoms with van der Waals surface area (Å²) in [5.41, 5.74) is 15.6. The number of nitrogens with zero attached hydrogens (tertiary/aromatic N) is 1. The molecule has 0 radical (unpaired) electrons. The van der Waals surface area contributed by atoms with E-state index in [2.05, 4.69) is 120 Å². The number of rotatable bonds is 6. The highest BCUT2D eigenvalue weighted by Crippen LogP contribution is 2.45. The Bertz CT molecular complexity index is 1790. The van der Waals surface area contributed by atoms with Crippen LogP contribution in [0.25, 0.3) is 33.6 Å². The highest BCUT2D eigenvalue weighted by Gasteiger charge is 2.38. The molecule has 42 heavy (non-hydrogen) atoms. The van der Waals surface area contributed by atoms with E-state index in [9.17, 15) is 0 Å². The first-order valence-electron chi connectivity index (χ1n) is 15.3. The molecule has 2 heterocycles. The van der Waals surface area contributed by atoms with Crippen molar-refractivity contribution < 1.29 is 8.98 Å². The molecule has 0 aliphatic heterocycles. The third-order valence-corrected chi connectivity index (χ3v) is 9.34. The van der Waals surface area contributed by atoms with Gasteiger partial charge in [-0.15, -0.1) is 0 Å². The van der Waals surface area contributed by atoms with Crippen molar-refractivity contribution in [3.8, 4) is 33.6 Å². The molecule has 0 saturated carbocycles. The average molecular weight is 545 g/mol. The molecule has 0 spiro atoms. The van der Waals surface area contributed by atoms with E-state index in [1.807, 2.05) is 12.3 Å². The van der Waals surface area contributed by atoms with Gasteiger partial charge in [-0.1, -0.05) is 97.1 Å². The van der Waals surface area contributed by atoms with Gasteiger partial charge in [0.25, 0.3) is 0 Å². The van der Waals surface area contributed by atoms with Gasteiger partial charge in [0.2, 0.25) is 11.4 Å². The summed E-state index contributed by atoms with van der Waals surface area (Å²) in [6, 6.07) is 44.3. The maximum Gasteiger partial charge on any atom is 0.217 e. The van der Waals surface area contributed by atoms with Gasteiger partial charge in [-0.2, -0.15) is 4.57 Å². The van der Waals surface area contributed by atoms with Crippen molar-refractivity contribution in [1.29, 1.82) is 0 Å². The lowest BCUT2D eigenvalue weighted by molar-refractivity contribution is -0.676. The Hall–Kier alpha value is -4.69. The second kappa shape index (κ2) is 10.6. The van der Waals surface area contributed by atoms with E-state index >= 15 is 0 Å². The molecular weight excluding hydrogens is 510 g/mol. The summed E-state index contributed by atoms with van der Waals surface area (Å²) in [7, 11) is 0. The predicted octanol–water partition coefficient (Wildman–Crippen LogP) is 8.99. The number of pyridine rings is 1. The topological polar surface area (TPSA) is 17.0 Å². The van der Waals surface area contributed by atoms with Crippen LogP contribution < -0.4 is 4.57 Å². The molecule has 8 rings (SSSR count). The molecule has 2 aromatic heterocycles. The van der Waals surface area contributed by atoms with Crippen LogP contribution >= 0.6 is 0 Å². The van der Waals surface area contributed by atoms with E-state index < -0.39 is 0 Å². The maximum absolute atomic E-state index is 6.04. The van der Waals surface area contributed by atoms with Crippen molar-refractivity contribution >= 4 is 0 Å². The van der Waals surface area contributed by atoms with Crippen LogP contribution in [0.15, 0.2) is 132 Å². The molecule has 0 bridgehead atoms. The lowest BCUT2D eigenvalue weighted by Gasteiger charge is -2.29. The molecule has 0 amide bonds. The van der Waals surface area contributed by atoms with Crippen molar-refractivity contribution in [3.05, 3.63) is 161 Å². The van der Waals surface area contributed by atoms with Gasteiger partial charge in [-0.3, -0.25) is 0 Å². The average Bonchev–Trinajstić information content (AvgIpc) is 3.60. The molecule has 0 saturated heterocycles. The first-order valence-corrected chi connectivity index (χ1v) is 15.3. The molecule has 204 valence electrons. The Kier molecular flexibility index (Phi) is 6.33. The van der Waals surface area contributed by atoms with Gasteiger partial charge in [0.1, 0.15) is 5.76 Å². The second-order valence-corrected chi connectivity index (χ2v) is 11.6. The summed E-state index contributed by atoms with van der Waals surface area (Å²) >= 11 is 0. The van der Waals surface area contributed by atoms with Crippen molar-refractivity contribution in [2.45, 2.75) is 44.6 Å². The number of fused-ring (bicyclic) bond motifs is 6. The van der Waals surface area contributed by atoms with Gasteiger partial charge in [0.05, 0.1) is 6.26 Å². The summed E-state index contributed by atoms with van der Waals surface area (Å²) in [4.78, 5) is 0. The first kappa shape index (κ1) is 25.1. The highest BCUT2D eigenvalue weighted by atomic mass is 16.3. The number of benzene rings is 4. The van der Waals surface area contributed by atoms with E-state index in [1.54, 1.807) is 0 Å².